The maximum atomic E-state index is 10.5. The van der Waals surface area contributed by atoms with Crippen LogP contribution in [0.1, 0.15) is 20.7 Å². The first kappa shape index (κ1) is 48.5. The predicted molar refractivity (Wildman–Crippen MR) is 147 cm³/mol. The van der Waals surface area contributed by atoms with Crippen molar-refractivity contribution < 1.29 is 79.2 Å². The monoisotopic (exact) mass is 598 g/mol. The van der Waals surface area contributed by atoms with E-state index < -0.39 is 47.8 Å². The van der Waals surface area contributed by atoms with Gasteiger partial charge in [-0.2, -0.15) is 0 Å². The Morgan fingerprint density at radius 2 is 0.500 bits per heavy atom. The molecule has 1 aromatic carbocycles. The maximum absolute atomic E-state index is 10.5. The molecule has 230 valence electrons. The van der Waals surface area contributed by atoms with Crippen molar-refractivity contribution in [2.45, 2.75) is 0 Å². The van der Waals surface area contributed by atoms with E-state index in [9.17, 15) is 38.4 Å². The zero-order valence-electron chi connectivity index (χ0n) is 21.9. The average molecular weight is 599 g/mol. The van der Waals surface area contributed by atoms with Gasteiger partial charge in [0, 0.05) is 36.5 Å². The molecule has 0 amide bonds. The van der Waals surface area contributed by atoms with Crippen LogP contribution in [-0.4, -0.2) is 88.6 Å². The van der Waals surface area contributed by atoms with E-state index in [-0.39, 0.29) is 11.1 Å². The van der Waals surface area contributed by atoms with Crippen LogP contribution >= 0.6 is 0 Å². The lowest BCUT2D eigenvalue weighted by Crippen LogP contribution is -2.06. The summed E-state index contributed by atoms with van der Waals surface area (Å²) in [6.07, 6.45) is 5.00. The van der Waals surface area contributed by atoms with Crippen molar-refractivity contribution in [2.24, 2.45) is 0 Å². The van der Waals surface area contributed by atoms with Crippen LogP contribution in [0.3, 0.4) is 0 Å². The summed E-state index contributed by atoms with van der Waals surface area (Å²) in [5.74, 6) is -8.35. The standard InChI is InChI=1S/C8H6O4.6C3H4O2/c9-7(10)5-3-1-2-4-6(5)8(11)12;6*1-2-3(4)5/h1-4H,(H,9,10)(H,11,12);6*2H,1H2,(H,4,5). The van der Waals surface area contributed by atoms with Gasteiger partial charge in [-0.25, -0.2) is 38.4 Å². The minimum atomic E-state index is -1.23. The zero-order valence-corrected chi connectivity index (χ0v) is 21.9. The van der Waals surface area contributed by atoms with Crippen LogP contribution < -0.4 is 0 Å². The summed E-state index contributed by atoms with van der Waals surface area (Å²) in [7, 11) is 0. The van der Waals surface area contributed by atoms with Gasteiger partial charge in [-0.05, 0) is 12.1 Å². The van der Waals surface area contributed by atoms with E-state index in [1.54, 1.807) is 0 Å². The molecule has 0 heterocycles. The molecule has 0 radical (unpaired) electrons. The second-order valence-electron chi connectivity index (χ2n) is 5.41. The first-order chi connectivity index (χ1) is 19.2. The molecule has 1 aromatic rings. The van der Waals surface area contributed by atoms with Gasteiger partial charge in [0.1, 0.15) is 0 Å². The third-order valence-corrected chi connectivity index (χ3v) is 2.44. The molecule has 16 nitrogen and oxygen atoms in total. The Morgan fingerprint density at radius 3 is 0.571 bits per heavy atom. The van der Waals surface area contributed by atoms with Crippen LogP contribution in [0.4, 0.5) is 0 Å². The largest absolute Gasteiger partial charge is 0.478 e. The van der Waals surface area contributed by atoms with Crippen molar-refractivity contribution in [1.82, 2.24) is 0 Å². The molecule has 0 spiro atoms. The number of carboxylic acid groups (broad SMARTS) is 8. The number of aliphatic carboxylic acids is 6. The van der Waals surface area contributed by atoms with Crippen LogP contribution in [0.25, 0.3) is 0 Å². The third kappa shape index (κ3) is 58.9. The molecular formula is C26H30O16. The number of rotatable bonds is 8. The highest BCUT2D eigenvalue weighted by molar-refractivity contribution is 6.01. The number of carbonyl (C=O) groups is 8. The lowest BCUT2D eigenvalue weighted by atomic mass is 10.1. The molecule has 0 aliphatic carbocycles. The zero-order chi connectivity index (χ0) is 34.8. The van der Waals surface area contributed by atoms with Crippen molar-refractivity contribution in [2.75, 3.05) is 0 Å². The quantitative estimate of drug-likeness (QED) is 0.199. The van der Waals surface area contributed by atoms with E-state index in [1.165, 1.54) is 24.3 Å². The average Bonchev–Trinajstić information content (AvgIpc) is 2.94. The summed E-state index contributed by atoms with van der Waals surface area (Å²) in [5, 5.41) is 62.7. The Kier molecular flexibility index (Phi) is 39.7. The van der Waals surface area contributed by atoms with Crippen LogP contribution in [-0.2, 0) is 28.8 Å². The topological polar surface area (TPSA) is 298 Å². The Morgan fingerprint density at radius 1 is 0.381 bits per heavy atom. The predicted octanol–water partition coefficient (Wildman–Crippen LogP) is 2.63. The van der Waals surface area contributed by atoms with Crippen LogP contribution in [0.15, 0.2) is 100 Å². The Labute approximate surface area is 238 Å². The first-order valence-corrected chi connectivity index (χ1v) is 9.93. The van der Waals surface area contributed by atoms with Crippen LogP contribution in [0, 0.1) is 0 Å². The van der Waals surface area contributed by atoms with Gasteiger partial charge in [0.15, 0.2) is 0 Å². The van der Waals surface area contributed by atoms with Gasteiger partial charge in [-0.15, -0.1) is 0 Å². The first-order valence-electron chi connectivity index (χ1n) is 9.93. The Bertz CT molecular complexity index is 940. The molecule has 16 heteroatoms. The minimum absolute atomic E-state index is 0.190. The molecule has 0 fully saturated rings. The molecule has 1 rings (SSSR count). The molecule has 0 saturated carbocycles. The molecule has 0 aliphatic heterocycles. The fourth-order valence-corrected chi connectivity index (χ4v) is 0.856. The molecule has 0 unspecified atom stereocenters. The maximum Gasteiger partial charge on any atom is 0.336 e. The van der Waals surface area contributed by atoms with Crippen molar-refractivity contribution >= 4 is 47.8 Å². The van der Waals surface area contributed by atoms with Gasteiger partial charge in [0.05, 0.1) is 11.1 Å². The van der Waals surface area contributed by atoms with E-state index in [4.69, 9.17) is 40.9 Å². The fraction of sp³-hybridized carbons (Fsp3) is 0. The molecule has 0 bridgehead atoms. The SMILES string of the molecule is C=CC(=O)O.C=CC(=O)O.C=CC(=O)O.C=CC(=O)O.C=CC(=O)O.C=CC(=O)O.O=C(O)c1ccccc1C(=O)O. The normalized spacial score (nSPS) is 7.24. The van der Waals surface area contributed by atoms with E-state index >= 15 is 0 Å². The van der Waals surface area contributed by atoms with Gasteiger partial charge in [-0.1, -0.05) is 51.6 Å². The molecular weight excluding hydrogens is 568 g/mol. The second kappa shape index (κ2) is 34.4. The van der Waals surface area contributed by atoms with Crippen molar-refractivity contribution in [3.8, 4) is 0 Å². The van der Waals surface area contributed by atoms with Gasteiger partial charge >= 0.3 is 47.8 Å². The molecule has 8 N–H and O–H groups in total. The van der Waals surface area contributed by atoms with Crippen molar-refractivity contribution in [1.29, 1.82) is 0 Å². The second-order valence-corrected chi connectivity index (χ2v) is 5.41. The van der Waals surface area contributed by atoms with E-state index in [0.29, 0.717) is 0 Å². The lowest BCUT2D eigenvalue weighted by Gasteiger charge is -1.98. The van der Waals surface area contributed by atoms with Crippen molar-refractivity contribution in [3.63, 3.8) is 0 Å². The summed E-state index contributed by atoms with van der Waals surface area (Å²) >= 11 is 0. The highest BCUT2D eigenvalue weighted by Crippen LogP contribution is 2.07. The smallest absolute Gasteiger partial charge is 0.336 e. The number of aromatic carboxylic acids is 2. The van der Waals surface area contributed by atoms with Crippen molar-refractivity contribution in [3.05, 3.63) is 111 Å². The summed E-state index contributed by atoms with van der Waals surface area (Å²) in [4.78, 5) is 76.4. The van der Waals surface area contributed by atoms with Crippen LogP contribution in [0.2, 0.25) is 0 Å². The molecule has 0 atom stereocenters. The summed E-state index contributed by atoms with van der Waals surface area (Å²) < 4.78 is 0. The number of carboxylic acids is 8. The van der Waals surface area contributed by atoms with Gasteiger partial charge in [0.25, 0.3) is 0 Å². The van der Waals surface area contributed by atoms with E-state index in [1.807, 2.05) is 0 Å². The van der Waals surface area contributed by atoms with Gasteiger partial charge in [-0.3, -0.25) is 0 Å². The minimum Gasteiger partial charge on any atom is -0.478 e. The fourth-order valence-electron chi connectivity index (χ4n) is 0.856. The van der Waals surface area contributed by atoms with Crippen LogP contribution in [0.5, 0.6) is 0 Å². The van der Waals surface area contributed by atoms with Gasteiger partial charge in [0.2, 0.25) is 0 Å². The Balaban J connectivity index is -0.0000000944. The number of hydrogen-bond donors (Lipinski definition) is 8. The molecule has 42 heavy (non-hydrogen) atoms. The van der Waals surface area contributed by atoms with E-state index in [2.05, 4.69) is 39.5 Å². The summed E-state index contributed by atoms with van der Waals surface area (Å²) in [6.45, 7) is 17.8. The molecule has 0 saturated heterocycles. The highest BCUT2D eigenvalue weighted by Gasteiger charge is 2.13. The number of benzene rings is 1. The van der Waals surface area contributed by atoms with E-state index in [0.717, 1.165) is 36.5 Å². The molecule has 0 aliphatic rings. The lowest BCUT2D eigenvalue weighted by molar-refractivity contribution is -0.132. The summed E-state index contributed by atoms with van der Waals surface area (Å²) in [6, 6.07) is 5.48. The Hall–Kier alpha value is -6.58. The van der Waals surface area contributed by atoms with Gasteiger partial charge < -0.3 is 40.9 Å². The molecule has 0 aromatic heterocycles. The highest BCUT2D eigenvalue weighted by atomic mass is 16.4. The summed E-state index contributed by atoms with van der Waals surface area (Å²) in [5.41, 5.74) is -0.380. The number of hydrogen-bond acceptors (Lipinski definition) is 8. The third-order valence-electron chi connectivity index (χ3n) is 2.44.